The Hall–Kier alpha value is -1.82. The van der Waals surface area contributed by atoms with Crippen LogP contribution in [-0.2, 0) is 4.79 Å². The summed E-state index contributed by atoms with van der Waals surface area (Å²) in [4.78, 5) is 28.0. The lowest BCUT2D eigenvalue weighted by molar-refractivity contribution is -0.126. The van der Waals surface area contributed by atoms with Gasteiger partial charge in [-0.3, -0.25) is 9.59 Å². The number of hydrogen-bond acceptors (Lipinski definition) is 2. The average Bonchev–Trinajstić information content (AvgIpc) is 2.97. The molecular formula is C19H24BrN3O2. The van der Waals surface area contributed by atoms with E-state index in [9.17, 15) is 9.59 Å². The number of carbonyl (C=O) groups excluding carboxylic acids is 2. The second kappa shape index (κ2) is 7.60. The lowest BCUT2D eigenvalue weighted by Gasteiger charge is -2.29. The van der Waals surface area contributed by atoms with Gasteiger partial charge in [-0.05, 0) is 51.3 Å². The maximum atomic E-state index is 12.6. The van der Waals surface area contributed by atoms with Crippen LogP contribution >= 0.6 is 15.9 Å². The first-order chi connectivity index (χ1) is 11.9. The molecule has 2 aromatic rings. The van der Waals surface area contributed by atoms with Crippen molar-refractivity contribution in [2.24, 2.45) is 5.92 Å². The number of halogens is 1. The van der Waals surface area contributed by atoms with Gasteiger partial charge in [-0.2, -0.15) is 0 Å². The van der Waals surface area contributed by atoms with Gasteiger partial charge in [0, 0.05) is 33.4 Å². The summed E-state index contributed by atoms with van der Waals surface area (Å²) >= 11 is 3.44. The van der Waals surface area contributed by atoms with Crippen LogP contribution < -0.4 is 10.6 Å². The van der Waals surface area contributed by atoms with Crippen LogP contribution in [-0.4, -0.2) is 28.9 Å². The van der Waals surface area contributed by atoms with E-state index >= 15 is 0 Å². The van der Waals surface area contributed by atoms with Gasteiger partial charge < -0.3 is 15.6 Å². The Balaban J connectivity index is 1.64. The average molecular weight is 406 g/mol. The molecule has 2 amide bonds. The molecule has 1 aliphatic carbocycles. The topological polar surface area (TPSA) is 74.0 Å². The third-order valence-corrected chi connectivity index (χ3v) is 5.13. The minimum Gasteiger partial charge on any atom is -0.354 e. The third-order valence-electron chi connectivity index (χ3n) is 4.64. The number of amides is 2. The van der Waals surface area contributed by atoms with E-state index in [4.69, 9.17) is 0 Å². The second-order valence-corrected chi connectivity index (χ2v) is 8.03. The van der Waals surface area contributed by atoms with Crippen LogP contribution in [0.2, 0.25) is 0 Å². The van der Waals surface area contributed by atoms with E-state index < -0.39 is 0 Å². The van der Waals surface area contributed by atoms with Gasteiger partial charge in [0.15, 0.2) is 0 Å². The lowest BCUT2D eigenvalue weighted by Crippen LogP contribution is -2.43. The molecule has 1 saturated carbocycles. The quantitative estimate of drug-likeness (QED) is 0.724. The third kappa shape index (κ3) is 4.42. The Labute approximate surface area is 156 Å². The smallest absolute Gasteiger partial charge is 0.267 e. The predicted octanol–water partition coefficient (Wildman–Crippen LogP) is 3.74. The Bertz CT molecular complexity index is 784. The number of aromatic amines is 1. The zero-order chi connectivity index (χ0) is 18.0. The standard InChI is InChI=1S/C19H24BrN3O2/c1-11(2)21-18(24)13-4-3-5-15(8-13)22-19(25)17-9-12-6-7-14(20)10-16(12)23-17/h6-7,9-11,13,15,23H,3-5,8H2,1-2H3,(H,21,24)(H,22,25). The molecule has 1 aromatic heterocycles. The summed E-state index contributed by atoms with van der Waals surface area (Å²) in [6.45, 7) is 3.93. The molecule has 1 aromatic carbocycles. The van der Waals surface area contributed by atoms with Crippen molar-refractivity contribution in [2.45, 2.75) is 51.6 Å². The number of fused-ring (bicyclic) bond motifs is 1. The second-order valence-electron chi connectivity index (χ2n) is 7.11. The van der Waals surface area contributed by atoms with E-state index in [0.717, 1.165) is 34.6 Å². The molecule has 3 N–H and O–H groups in total. The number of aromatic nitrogens is 1. The fourth-order valence-electron chi connectivity index (χ4n) is 3.45. The highest BCUT2D eigenvalue weighted by molar-refractivity contribution is 9.10. The summed E-state index contributed by atoms with van der Waals surface area (Å²) in [5, 5.41) is 7.07. The van der Waals surface area contributed by atoms with Crippen LogP contribution in [0.1, 0.15) is 50.0 Å². The van der Waals surface area contributed by atoms with E-state index in [-0.39, 0.29) is 29.8 Å². The zero-order valence-electron chi connectivity index (χ0n) is 14.6. The summed E-state index contributed by atoms with van der Waals surface area (Å²) in [5.74, 6) is -0.0215. The van der Waals surface area contributed by atoms with Gasteiger partial charge in [0.2, 0.25) is 5.91 Å². The van der Waals surface area contributed by atoms with Gasteiger partial charge in [-0.1, -0.05) is 28.4 Å². The summed E-state index contributed by atoms with van der Waals surface area (Å²) in [6.07, 6.45) is 3.48. The van der Waals surface area contributed by atoms with Crippen molar-refractivity contribution >= 4 is 38.6 Å². The van der Waals surface area contributed by atoms with Crippen molar-refractivity contribution in [3.63, 3.8) is 0 Å². The zero-order valence-corrected chi connectivity index (χ0v) is 16.2. The molecule has 5 nitrogen and oxygen atoms in total. The number of hydrogen-bond donors (Lipinski definition) is 3. The Kier molecular flexibility index (Phi) is 5.47. The van der Waals surface area contributed by atoms with E-state index in [1.54, 1.807) is 0 Å². The predicted molar refractivity (Wildman–Crippen MR) is 102 cm³/mol. The molecule has 1 heterocycles. The first kappa shape index (κ1) is 18.0. The molecule has 0 spiro atoms. The molecule has 134 valence electrons. The van der Waals surface area contributed by atoms with Crippen LogP contribution in [0, 0.1) is 5.92 Å². The molecule has 0 radical (unpaired) electrons. The molecule has 6 heteroatoms. The van der Waals surface area contributed by atoms with Crippen LogP contribution in [0.15, 0.2) is 28.7 Å². The van der Waals surface area contributed by atoms with Crippen molar-refractivity contribution in [1.29, 1.82) is 0 Å². The highest BCUT2D eigenvalue weighted by Gasteiger charge is 2.28. The van der Waals surface area contributed by atoms with E-state index in [1.165, 1.54) is 0 Å². The number of benzene rings is 1. The van der Waals surface area contributed by atoms with Gasteiger partial charge in [0.1, 0.15) is 5.69 Å². The van der Waals surface area contributed by atoms with Gasteiger partial charge in [0.25, 0.3) is 5.91 Å². The van der Waals surface area contributed by atoms with Gasteiger partial charge in [0.05, 0.1) is 0 Å². The molecular weight excluding hydrogens is 382 g/mol. The van der Waals surface area contributed by atoms with Crippen molar-refractivity contribution in [3.05, 3.63) is 34.4 Å². The first-order valence-corrected chi connectivity index (χ1v) is 9.61. The van der Waals surface area contributed by atoms with Crippen molar-refractivity contribution < 1.29 is 9.59 Å². The highest BCUT2D eigenvalue weighted by Crippen LogP contribution is 2.25. The number of carbonyl (C=O) groups is 2. The van der Waals surface area contributed by atoms with E-state index in [1.807, 2.05) is 38.1 Å². The Morgan fingerprint density at radius 2 is 2.04 bits per heavy atom. The highest BCUT2D eigenvalue weighted by atomic mass is 79.9. The van der Waals surface area contributed by atoms with Crippen molar-refractivity contribution in [3.8, 4) is 0 Å². The maximum absolute atomic E-state index is 12.6. The molecule has 3 rings (SSSR count). The monoisotopic (exact) mass is 405 g/mol. The molecule has 0 bridgehead atoms. The minimum absolute atomic E-state index is 0.0138. The molecule has 0 saturated heterocycles. The summed E-state index contributed by atoms with van der Waals surface area (Å²) in [6, 6.07) is 7.94. The normalized spacial score (nSPS) is 20.6. The minimum atomic E-state index is -0.109. The number of H-pyrrole nitrogens is 1. The molecule has 2 unspecified atom stereocenters. The maximum Gasteiger partial charge on any atom is 0.267 e. The van der Waals surface area contributed by atoms with Crippen LogP contribution in [0.3, 0.4) is 0 Å². The van der Waals surface area contributed by atoms with Gasteiger partial charge in [-0.25, -0.2) is 0 Å². The largest absolute Gasteiger partial charge is 0.354 e. The number of nitrogens with one attached hydrogen (secondary N) is 3. The summed E-state index contributed by atoms with van der Waals surface area (Å²) in [7, 11) is 0. The molecule has 1 fully saturated rings. The van der Waals surface area contributed by atoms with Gasteiger partial charge in [-0.15, -0.1) is 0 Å². The number of rotatable bonds is 4. The van der Waals surface area contributed by atoms with Gasteiger partial charge >= 0.3 is 0 Å². The first-order valence-electron chi connectivity index (χ1n) is 8.82. The SMILES string of the molecule is CC(C)NC(=O)C1CCCC(NC(=O)c2cc3ccc(Br)cc3[nH]2)C1. The molecule has 2 atom stereocenters. The lowest BCUT2D eigenvalue weighted by atomic mass is 9.85. The molecule has 1 aliphatic rings. The summed E-state index contributed by atoms with van der Waals surface area (Å²) in [5.41, 5.74) is 1.49. The fraction of sp³-hybridized carbons (Fsp3) is 0.474. The summed E-state index contributed by atoms with van der Waals surface area (Å²) < 4.78 is 0.972. The van der Waals surface area contributed by atoms with Crippen LogP contribution in [0.5, 0.6) is 0 Å². The molecule has 25 heavy (non-hydrogen) atoms. The fourth-order valence-corrected chi connectivity index (χ4v) is 3.81. The van der Waals surface area contributed by atoms with Crippen LogP contribution in [0.4, 0.5) is 0 Å². The van der Waals surface area contributed by atoms with Crippen LogP contribution in [0.25, 0.3) is 10.9 Å². The Morgan fingerprint density at radius 1 is 1.24 bits per heavy atom. The molecule has 0 aliphatic heterocycles. The Morgan fingerprint density at radius 3 is 2.80 bits per heavy atom. The van der Waals surface area contributed by atoms with E-state index in [2.05, 4.69) is 31.5 Å². The van der Waals surface area contributed by atoms with Crippen molar-refractivity contribution in [1.82, 2.24) is 15.6 Å². The van der Waals surface area contributed by atoms with E-state index in [0.29, 0.717) is 12.1 Å². The van der Waals surface area contributed by atoms with Crippen molar-refractivity contribution in [2.75, 3.05) is 0 Å².